The highest BCUT2D eigenvalue weighted by Gasteiger charge is 2.30. The van der Waals surface area contributed by atoms with E-state index in [2.05, 4.69) is 20.6 Å². The van der Waals surface area contributed by atoms with Crippen molar-refractivity contribution in [3.8, 4) is 0 Å². The van der Waals surface area contributed by atoms with Gasteiger partial charge in [-0.25, -0.2) is 14.8 Å². The van der Waals surface area contributed by atoms with Crippen LogP contribution in [0.3, 0.4) is 0 Å². The van der Waals surface area contributed by atoms with Gasteiger partial charge in [0.1, 0.15) is 6.33 Å². The van der Waals surface area contributed by atoms with Gasteiger partial charge in [0.15, 0.2) is 0 Å². The minimum atomic E-state index is -1.23. The van der Waals surface area contributed by atoms with Gasteiger partial charge in [0.25, 0.3) is 0 Å². The number of imide groups is 1. The van der Waals surface area contributed by atoms with Gasteiger partial charge in [-0.1, -0.05) is 0 Å². The third-order valence-electron chi connectivity index (χ3n) is 2.51. The van der Waals surface area contributed by atoms with Crippen LogP contribution >= 0.6 is 0 Å². The molecule has 108 valence electrons. The van der Waals surface area contributed by atoms with Crippen molar-refractivity contribution in [2.24, 2.45) is 5.41 Å². The van der Waals surface area contributed by atoms with E-state index in [4.69, 9.17) is 5.11 Å². The predicted octanol–water partition coefficient (Wildman–Crippen LogP) is 0.303. The van der Waals surface area contributed by atoms with Gasteiger partial charge in [-0.3, -0.25) is 14.9 Å². The average molecular weight is 280 g/mol. The Morgan fingerprint density at radius 1 is 1.35 bits per heavy atom. The van der Waals surface area contributed by atoms with Crippen LogP contribution in [0.15, 0.2) is 18.6 Å². The molecule has 0 aliphatic heterocycles. The summed E-state index contributed by atoms with van der Waals surface area (Å²) in [5.74, 6) is -1.76. The largest absolute Gasteiger partial charge is 0.481 e. The first-order valence-corrected chi connectivity index (χ1v) is 5.87. The summed E-state index contributed by atoms with van der Waals surface area (Å²) in [4.78, 5) is 41.5. The van der Waals surface area contributed by atoms with E-state index in [-0.39, 0.29) is 13.0 Å². The summed E-state index contributed by atoms with van der Waals surface area (Å²) >= 11 is 0. The number of carboxylic acids is 1. The lowest BCUT2D eigenvalue weighted by Crippen LogP contribution is -2.41. The van der Waals surface area contributed by atoms with Crippen LogP contribution in [0.25, 0.3) is 0 Å². The normalized spacial score (nSPS) is 10.7. The molecule has 0 saturated carbocycles. The second-order valence-corrected chi connectivity index (χ2v) is 4.80. The Hall–Kier alpha value is -2.51. The van der Waals surface area contributed by atoms with Crippen molar-refractivity contribution in [3.05, 3.63) is 24.3 Å². The molecular weight excluding hydrogens is 264 g/mol. The molecule has 0 unspecified atom stereocenters. The Bertz CT molecular complexity index is 501. The van der Waals surface area contributed by atoms with Gasteiger partial charge >= 0.3 is 12.0 Å². The van der Waals surface area contributed by atoms with Gasteiger partial charge in [-0.15, -0.1) is 0 Å². The number of nitrogens with one attached hydrogen (secondary N) is 2. The minimum absolute atomic E-state index is 0.143. The number of aromatic nitrogens is 2. The summed E-state index contributed by atoms with van der Waals surface area (Å²) in [6, 6.07) is 0.921. The van der Waals surface area contributed by atoms with Crippen LogP contribution in [0.1, 0.15) is 26.0 Å². The first-order chi connectivity index (χ1) is 9.31. The van der Waals surface area contributed by atoms with Crippen LogP contribution in [0.5, 0.6) is 0 Å². The third kappa shape index (κ3) is 5.01. The molecule has 1 heterocycles. The molecule has 0 spiro atoms. The van der Waals surface area contributed by atoms with Gasteiger partial charge in [0.2, 0.25) is 5.91 Å². The monoisotopic (exact) mass is 280 g/mol. The van der Waals surface area contributed by atoms with E-state index < -0.39 is 23.3 Å². The minimum Gasteiger partial charge on any atom is -0.481 e. The first kappa shape index (κ1) is 15.5. The van der Waals surface area contributed by atoms with Crippen molar-refractivity contribution in [2.75, 3.05) is 0 Å². The van der Waals surface area contributed by atoms with Gasteiger partial charge in [-0.2, -0.15) is 0 Å². The highest BCUT2D eigenvalue weighted by atomic mass is 16.4. The molecule has 3 N–H and O–H groups in total. The van der Waals surface area contributed by atoms with Gasteiger partial charge in [0, 0.05) is 12.6 Å². The van der Waals surface area contributed by atoms with E-state index in [0.29, 0.717) is 5.69 Å². The number of urea groups is 1. The third-order valence-corrected chi connectivity index (χ3v) is 2.51. The molecule has 8 heteroatoms. The van der Waals surface area contributed by atoms with Crippen molar-refractivity contribution in [2.45, 2.75) is 26.8 Å². The Morgan fingerprint density at radius 3 is 2.60 bits per heavy atom. The van der Waals surface area contributed by atoms with E-state index in [9.17, 15) is 14.4 Å². The summed E-state index contributed by atoms with van der Waals surface area (Å²) in [7, 11) is 0. The maximum absolute atomic E-state index is 11.5. The summed E-state index contributed by atoms with van der Waals surface area (Å²) in [5, 5.41) is 13.4. The molecule has 0 aliphatic carbocycles. The lowest BCUT2D eigenvalue weighted by molar-refractivity contribution is -0.149. The maximum Gasteiger partial charge on any atom is 0.321 e. The number of rotatable bonds is 5. The molecular formula is C12H16N4O4. The number of hydrogen-bond donors (Lipinski definition) is 3. The van der Waals surface area contributed by atoms with E-state index in [1.807, 2.05) is 0 Å². The molecule has 3 amide bonds. The number of carboxylic acid groups (broad SMARTS) is 1. The van der Waals surface area contributed by atoms with Crippen LogP contribution in [0.2, 0.25) is 0 Å². The van der Waals surface area contributed by atoms with Crippen LogP contribution in [-0.4, -0.2) is 33.0 Å². The summed E-state index contributed by atoms with van der Waals surface area (Å²) in [6.07, 6.45) is 2.58. The van der Waals surface area contributed by atoms with Gasteiger partial charge in [0.05, 0.1) is 17.7 Å². The maximum atomic E-state index is 11.5. The summed E-state index contributed by atoms with van der Waals surface area (Å²) in [5.41, 5.74) is -0.634. The molecule has 0 saturated heterocycles. The number of carbonyl (C=O) groups excluding carboxylic acids is 2. The van der Waals surface area contributed by atoms with Crippen LogP contribution in [-0.2, 0) is 16.1 Å². The summed E-state index contributed by atoms with van der Waals surface area (Å²) in [6.45, 7) is 2.96. The van der Waals surface area contributed by atoms with Crippen molar-refractivity contribution in [3.63, 3.8) is 0 Å². The Kier molecular flexibility index (Phi) is 5.13. The van der Waals surface area contributed by atoms with E-state index >= 15 is 0 Å². The van der Waals surface area contributed by atoms with E-state index in [1.54, 1.807) is 6.07 Å². The second kappa shape index (κ2) is 6.60. The standard InChI is InChI=1S/C12H16N4O4/c1-12(2,10(18)19)5-9(17)16-11(20)14-6-8-3-4-13-7-15-8/h3-4,7H,5-6H2,1-2H3,(H,18,19)(H2,14,16,17,20). The number of aliphatic carboxylic acids is 1. The number of nitrogens with zero attached hydrogens (tertiary/aromatic N) is 2. The molecule has 1 rings (SSSR count). The highest BCUT2D eigenvalue weighted by Crippen LogP contribution is 2.19. The molecule has 0 aliphatic rings. The fourth-order valence-corrected chi connectivity index (χ4v) is 1.29. The van der Waals surface area contributed by atoms with Gasteiger partial charge < -0.3 is 10.4 Å². The Labute approximate surface area is 115 Å². The molecule has 0 aromatic carbocycles. The average Bonchev–Trinajstić information content (AvgIpc) is 2.36. The lowest BCUT2D eigenvalue weighted by atomic mass is 9.89. The molecule has 1 aromatic rings. The SMILES string of the molecule is CC(C)(CC(=O)NC(=O)NCc1ccncn1)C(=O)O. The zero-order valence-corrected chi connectivity index (χ0v) is 11.2. The van der Waals surface area contributed by atoms with E-state index in [0.717, 1.165) is 0 Å². The number of amides is 3. The zero-order chi connectivity index (χ0) is 15.2. The van der Waals surface area contributed by atoms with Crippen molar-refractivity contribution >= 4 is 17.9 Å². The van der Waals surface area contributed by atoms with Crippen molar-refractivity contribution < 1.29 is 19.5 Å². The van der Waals surface area contributed by atoms with Crippen LogP contribution in [0, 0.1) is 5.41 Å². The zero-order valence-electron chi connectivity index (χ0n) is 11.2. The van der Waals surface area contributed by atoms with Crippen LogP contribution in [0.4, 0.5) is 4.79 Å². The topological polar surface area (TPSA) is 121 Å². The van der Waals surface area contributed by atoms with E-state index in [1.165, 1.54) is 26.4 Å². The Balaban J connectivity index is 2.39. The predicted molar refractivity (Wildman–Crippen MR) is 68.4 cm³/mol. The second-order valence-electron chi connectivity index (χ2n) is 4.80. The Morgan fingerprint density at radius 2 is 2.05 bits per heavy atom. The molecule has 8 nitrogen and oxygen atoms in total. The molecule has 0 fully saturated rings. The molecule has 20 heavy (non-hydrogen) atoms. The number of carbonyl (C=O) groups is 3. The highest BCUT2D eigenvalue weighted by molar-refractivity contribution is 5.96. The fraction of sp³-hybridized carbons (Fsp3) is 0.417. The fourth-order valence-electron chi connectivity index (χ4n) is 1.29. The van der Waals surface area contributed by atoms with Crippen molar-refractivity contribution in [1.82, 2.24) is 20.6 Å². The quantitative estimate of drug-likeness (QED) is 0.713. The van der Waals surface area contributed by atoms with Gasteiger partial charge in [-0.05, 0) is 19.9 Å². The molecule has 0 bridgehead atoms. The summed E-state index contributed by atoms with van der Waals surface area (Å²) < 4.78 is 0. The number of hydrogen-bond acceptors (Lipinski definition) is 5. The first-order valence-electron chi connectivity index (χ1n) is 5.87. The molecule has 0 radical (unpaired) electrons. The molecule has 0 atom stereocenters. The van der Waals surface area contributed by atoms with Crippen molar-refractivity contribution in [1.29, 1.82) is 0 Å². The smallest absolute Gasteiger partial charge is 0.321 e. The van der Waals surface area contributed by atoms with Crippen LogP contribution < -0.4 is 10.6 Å². The molecule has 1 aromatic heterocycles. The lowest BCUT2D eigenvalue weighted by Gasteiger charge is -2.17.